The first-order valence-electron chi connectivity index (χ1n) is 5.69. The van der Waals surface area contributed by atoms with Crippen molar-refractivity contribution >= 4 is 0 Å². The van der Waals surface area contributed by atoms with Gasteiger partial charge in [0.05, 0.1) is 7.11 Å². The highest BCUT2D eigenvalue weighted by Crippen LogP contribution is 2.47. The van der Waals surface area contributed by atoms with Gasteiger partial charge >= 0.3 is 0 Å². The maximum Gasteiger partial charge on any atom is 0.118 e. The van der Waals surface area contributed by atoms with Crippen LogP contribution in [0.25, 0.3) is 0 Å². The standard InChI is InChI=1S/C13H19NO/c1-3-14-9-11-8-13(11)10-4-6-12(15-2)7-5-10/h4-7,11,13-14H,3,8-9H2,1-2H3. The van der Waals surface area contributed by atoms with Crippen molar-refractivity contribution in [3.05, 3.63) is 29.8 Å². The Labute approximate surface area is 91.6 Å². The van der Waals surface area contributed by atoms with Crippen molar-refractivity contribution in [2.45, 2.75) is 19.3 Å². The summed E-state index contributed by atoms with van der Waals surface area (Å²) in [5, 5.41) is 3.41. The van der Waals surface area contributed by atoms with Crippen LogP contribution in [0.15, 0.2) is 24.3 Å². The maximum atomic E-state index is 5.15. The van der Waals surface area contributed by atoms with E-state index in [-0.39, 0.29) is 0 Å². The van der Waals surface area contributed by atoms with E-state index in [1.54, 1.807) is 7.11 Å². The highest BCUT2D eigenvalue weighted by Gasteiger charge is 2.37. The van der Waals surface area contributed by atoms with Crippen LogP contribution >= 0.6 is 0 Å². The number of nitrogens with one attached hydrogen (secondary N) is 1. The first-order valence-corrected chi connectivity index (χ1v) is 5.69. The predicted molar refractivity (Wildman–Crippen MR) is 62.4 cm³/mol. The van der Waals surface area contributed by atoms with Gasteiger partial charge < -0.3 is 10.1 Å². The summed E-state index contributed by atoms with van der Waals surface area (Å²) in [4.78, 5) is 0. The summed E-state index contributed by atoms with van der Waals surface area (Å²) in [5.41, 5.74) is 1.46. The van der Waals surface area contributed by atoms with E-state index in [0.717, 1.165) is 30.7 Å². The zero-order chi connectivity index (χ0) is 10.7. The van der Waals surface area contributed by atoms with E-state index >= 15 is 0 Å². The third kappa shape index (κ3) is 2.51. The van der Waals surface area contributed by atoms with Gasteiger partial charge in [0.1, 0.15) is 5.75 Å². The van der Waals surface area contributed by atoms with Crippen LogP contribution in [0.3, 0.4) is 0 Å². The molecule has 2 atom stereocenters. The lowest BCUT2D eigenvalue weighted by molar-refractivity contribution is 0.414. The van der Waals surface area contributed by atoms with Gasteiger partial charge in [-0.2, -0.15) is 0 Å². The van der Waals surface area contributed by atoms with Crippen molar-refractivity contribution in [1.82, 2.24) is 5.32 Å². The Kier molecular flexibility index (Phi) is 3.27. The Hall–Kier alpha value is -1.02. The molecule has 1 aliphatic carbocycles. The SMILES string of the molecule is CCNCC1CC1c1ccc(OC)cc1. The largest absolute Gasteiger partial charge is 0.497 e. The fraction of sp³-hybridized carbons (Fsp3) is 0.538. The van der Waals surface area contributed by atoms with Crippen molar-refractivity contribution in [2.75, 3.05) is 20.2 Å². The molecule has 0 radical (unpaired) electrons. The average molecular weight is 205 g/mol. The molecule has 2 unspecified atom stereocenters. The summed E-state index contributed by atoms with van der Waals surface area (Å²) in [7, 11) is 1.71. The van der Waals surface area contributed by atoms with Gasteiger partial charge in [-0.05, 0) is 49.0 Å². The molecule has 2 rings (SSSR count). The average Bonchev–Trinajstić information content (AvgIpc) is 3.06. The van der Waals surface area contributed by atoms with Gasteiger partial charge in [-0.15, -0.1) is 0 Å². The summed E-state index contributed by atoms with van der Waals surface area (Å²) in [6.45, 7) is 4.39. The van der Waals surface area contributed by atoms with E-state index in [0.29, 0.717) is 0 Å². The molecule has 0 bridgehead atoms. The molecule has 0 heterocycles. The normalized spacial score (nSPS) is 23.9. The van der Waals surface area contributed by atoms with E-state index in [1.807, 2.05) is 0 Å². The van der Waals surface area contributed by atoms with Gasteiger partial charge in [0.25, 0.3) is 0 Å². The maximum absolute atomic E-state index is 5.15. The summed E-state index contributed by atoms with van der Waals surface area (Å²) >= 11 is 0. The number of hydrogen-bond acceptors (Lipinski definition) is 2. The molecule has 0 spiro atoms. The second kappa shape index (κ2) is 4.67. The van der Waals surface area contributed by atoms with Crippen molar-refractivity contribution in [2.24, 2.45) is 5.92 Å². The van der Waals surface area contributed by atoms with Gasteiger partial charge in [-0.3, -0.25) is 0 Å². The van der Waals surface area contributed by atoms with E-state index in [2.05, 4.69) is 36.5 Å². The molecular formula is C13H19NO. The minimum absolute atomic E-state index is 0.773. The van der Waals surface area contributed by atoms with E-state index in [4.69, 9.17) is 4.74 Å². The Morgan fingerprint density at radius 1 is 1.33 bits per heavy atom. The Morgan fingerprint density at radius 3 is 2.67 bits per heavy atom. The number of benzene rings is 1. The molecule has 0 aliphatic heterocycles. The second-order valence-corrected chi connectivity index (χ2v) is 4.18. The molecule has 0 saturated heterocycles. The van der Waals surface area contributed by atoms with Crippen molar-refractivity contribution in [3.8, 4) is 5.75 Å². The van der Waals surface area contributed by atoms with Crippen LogP contribution in [0.5, 0.6) is 5.75 Å². The third-order valence-corrected chi connectivity index (χ3v) is 3.12. The smallest absolute Gasteiger partial charge is 0.118 e. The monoisotopic (exact) mass is 205 g/mol. The molecule has 2 nitrogen and oxygen atoms in total. The molecule has 2 heteroatoms. The van der Waals surface area contributed by atoms with E-state index < -0.39 is 0 Å². The van der Waals surface area contributed by atoms with Crippen molar-refractivity contribution in [1.29, 1.82) is 0 Å². The summed E-state index contributed by atoms with van der Waals surface area (Å²) in [5.74, 6) is 2.57. The zero-order valence-corrected chi connectivity index (χ0v) is 9.49. The van der Waals surface area contributed by atoms with E-state index in [9.17, 15) is 0 Å². The Morgan fingerprint density at radius 2 is 2.07 bits per heavy atom. The van der Waals surface area contributed by atoms with Crippen LogP contribution < -0.4 is 10.1 Å². The number of ether oxygens (including phenoxy) is 1. The quantitative estimate of drug-likeness (QED) is 0.797. The van der Waals surface area contributed by atoms with Crippen LogP contribution in [0, 0.1) is 5.92 Å². The summed E-state index contributed by atoms with van der Waals surface area (Å²) in [6, 6.07) is 8.49. The number of methoxy groups -OCH3 is 1. The van der Waals surface area contributed by atoms with Crippen molar-refractivity contribution in [3.63, 3.8) is 0 Å². The lowest BCUT2D eigenvalue weighted by atomic mass is 10.1. The third-order valence-electron chi connectivity index (χ3n) is 3.12. The topological polar surface area (TPSA) is 21.3 Å². The fourth-order valence-electron chi connectivity index (χ4n) is 2.06. The summed E-state index contributed by atoms with van der Waals surface area (Å²) in [6.07, 6.45) is 1.33. The van der Waals surface area contributed by atoms with Gasteiger partial charge in [0.15, 0.2) is 0 Å². The molecule has 1 aromatic rings. The van der Waals surface area contributed by atoms with Crippen LogP contribution in [0.1, 0.15) is 24.8 Å². The molecule has 0 amide bonds. The lowest BCUT2D eigenvalue weighted by Gasteiger charge is -2.03. The molecule has 82 valence electrons. The lowest BCUT2D eigenvalue weighted by Crippen LogP contribution is -2.16. The first-order chi connectivity index (χ1) is 7.35. The Balaban J connectivity index is 1.89. The predicted octanol–water partition coefficient (Wildman–Crippen LogP) is 2.41. The molecule has 1 aliphatic rings. The van der Waals surface area contributed by atoms with Gasteiger partial charge in [0, 0.05) is 0 Å². The van der Waals surface area contributed by atoms with Gasteiger partial charge in [0.2, 0.25) is 0 Å². The molecule has 0 aromatic heterocycles. The zero-order valence-electron chi connectivity index (χ0n) is 9.49. The second-order valence-electron chi connectivity index (χ2n) is 4.18. The Bertz CT molecular complexity index is 307. The van der Waals surface area contributed by atoms with Crippen LogP contribution in [-0.2, 0) is 0 Å². The number of rotatable bonds is 5. The molecule has 1 aromatic carbocycles. The van der Waals surface area contributed by atoms with E-state index in [1.165, 1.54) is 12.0 Å². The highest BCUT2D eigenvalue weighted by atomic mass is 16.5. The van der Waals surface area contributed by atoms with Gasteiger partial charge in [-0.1, -0.05) is 19.1 Å². The van der Waals surface area contributed by atoms with Crippen LogP contribution in [0.2, 0.25) is 0 Å². The highest BCUT2D eigenvalue weighted by molar-refractivity contribution is 5.32. The van der Waals surface area contributed by atoms with Crippen LogP contribution in [0.4, 0.5) is 0 Å². The fourth-order valence-corrected chi connectivity index (χ4v) is 2.06. The molecule has 1 fully saturated rings. The first kappa shape index (κ1) is 10.5. The van der Waals surface area contributed by atoms with Gasteiger partial charge in [-0.25, -0.2) is 0 Å². The minimum atomic E-state index is 0.773. The molecule has 1 N–H and O–H groups in total. The van der Waals surface area contributed by atoms with Crippen LogP contribution in [-0.4, -0.2) is 20.2 Å². The summed E-state index contributed by atoms with van der Waals surface area (Å²) < 4.78 is 5.15. The minimum Gasteiger partial charge on any atom is -0.497 e. The molecule has 1 saturated carbocycles. The molecular weight excluding hydrogens is 186 g/mol. The molecule has 15 heavy (non-hydrogen) atoms. The van der Waals surface area contributed by atoms with Crippen molar-refractivity contribution < 1.29 is 4.74 Å². The number of hydrogen-bond donors (Lipinski definition) is 1.